The topological polar surface area (TPSA) is 75.2 Å². The van der Waals surface area contributed by atoms with Crippen molar-refractivity contribution < 1.29 is 0 Å². The van der Waals surface area contributed by atoms with Crippen LogP contribution in [0.25, 0.3) is 27.8 Å². The van der Waals surface area contributed by atoms with Crippen molar-refractivity contribution in [2.45, 2.75) is 52.9 Å². The van der Waals surface area contributed by atoms with Crippen molar-refractivity contribution in [1.82, 2.24) is 24.3 Å². The van der Waals surface area contributed by atoms with Gasteiger partial charge >= 0.3 is 0 Å². The summed E-state index contributed by atoms with van der Waals surface area (Å²) in [5.41, 5.74) is 10.1. The Morgan fingerprint density at radius 3 is 2.50 bits per heavy atom. The van der Waals surface area contributed by atoms with Gasteiger partial charge in [-0.25, -0.2) is 9.97 Å². The number of aromatic amines is 1. The number of hydrogen-bond acceptors (Lipinski definition) is 4. The highest BCUT2D eigenvalue weighted by molar-refractivity contribution is 5.91. The molecule has 0 aliphatic carbocycles. The Labute approximate surface area is 203 Å². The summed E-state index contributed by atoms with van der Waals surface area (Å²) in [4.78, 5) is 15.2. The zero-order valence-electron chi connectivity index (χ0n) is 21.4. The first kappa shape index (κ1) is 25.5. The Morgan fingerprint density at radius 1 is 1.24 bits per heavy atom. The quantitative estimate of drug-likeness (QED) is 0.342. The Bertz CT molecular complexity index is 1160. The molecule has 34 heavy (non-hydrogen) atoms. The molecule has 6 nitrogen and oxygen atoms in total. The van der Waals surface area contributed by atoms with Gasteiger partial charge in [-0.15, -0.1) is 6.58 Å². The monoisotopic (exact) mass is 460 g/mol. The number of allylic oxidation sites excluding steroid dienone is 1. The predicted octanol–water partition coefficient (Wildman–Crippen LogP) is 6.51. The number of rotatable bonds is 3. The first-order chi connectivity index (χ1) is 16.4. The van der Waals surface area contributed by atoms with Crippen molar-refractivity contribution in [3.63, 3.8) is 0 Å². The van der Waals surface area contributed by atoms with Crippen LogP contribution in [0.1, 0.15) is 58.7 Å². The number of H-pyrrole nitrogens is 1. The molecule has 1 aliphatic rings. The lowest BCUT2D eigenvalue weighted by atomic mass is 9.96. The minimum atomic E-state index is 0.443. The largest absolute Gasteiger partial charge is 0.382 e. The number of imidazole rings is 1. The van der Waals surface area contributed by atoms with Crippen LogP contribution in [0.2, 0.25) is 0 Å². The fourth-order valence-electron chi connectivity index (χ4n) is 4.03. The number of nitrogens with two attached hydrogens (primary N) is 1. The zero-order chi connectivity index (χ0) is 24.7. The lowest BCUT2D eigenvalue weighted by Crippen LogP contribution is -2.29. The molecule has 0 amide bonds. The second-order valence-electron chi connectivity index (χ2n) is 9.41. The molecule has 5 rings (SSSR count). The molecule has 0 spiro atoms. The number of hydrogen-bond donors (Lipinski definition) is 2. The van der Waals surface area contributed by atoms with Gasteiger partial charge in [-0.05, 0) is 58.0 Å². The third kappa shape index (κ3) is 5.86. The van der Waals surface area contributed by atoms with E-state index >= 15 is 0 Å². The van der Waals surface area contributed by atoms with Gasteiger partial charge in [-0.2, -0.15) is 0 Å². The highest BCUT2D eigenvalue weighted by Gasteiger charge is 2.25. The molecule has 1 aromatic carbocycles. The van der Waals surface area contributed by atoms with Crippen molar-refractivity contribution in [3.8, 4) is 11.4 Å². The van der Waals surface area contributed by atoms with E-state index in [0.717, 1.165) is 60.1 Å². The maximum absolute atomic E-state index is 6.26. The van der Waals surface area contributed by atoms with E-state index in [1.807, 2.05) is 25.3 Å². The van der Waals surface area contributed by atoms with Crippen molar-refractivity contribution in [3.05, 3.63) is 61.2 Å². The van der Waals surface area contributed by atoms with Crippen molar-refractivity contribution in [2.75, 3.05) is 25.9 Å². The second-order valence-corrected chi connectivity index (χ2v) is 9.41. The maximum Gasteiger partial charge on any atom is 0.150 e. The average Bonchev–Trinajstić information content (AvgIpc) is 3.43. The summed E-state index contributed by atoms with van der Waals surface area (Å²) in [5.74, 6) is 2.94. The number of para-hydroxylation sites is 1. The number of aromatic nitrogens is 4. The number of nitrogens with one attached hydrogen (secondary N) is 1. The van der Waals surface area contributed by atoms with Gasteiger partial charge in [0.2, 0.25) is 0 Å². The molecule has 0 atom stereocenters. The first-order valence-corrected chi connectivity index (χ1v) is 12.4. The SMILES string of the molecule is C=CC.CCC(C)C.CN1CCC(c2nc(-c3cc4ccccc4[nH]3)c3c(N)nccn23)CC1. The first-order valence-electron chi connectivity index (χ1n) is 12.4. The average molecular weight is 461 g/mol. The van der Waals surface area contributed by atoms with Crippen LogP contribution in [0.5, 0.6) is 0 Å². The highest BCUT2D eigenvalue weighted by atomic mass is 15.1. The molecule has 0 unspecified atom stereocenters. The number of piperidine rings is 1. The Hall–Kier alpha value is -3.12. The molecule has 182 valence electrons. The van der Waals surface area contributed by atoms with E-state index < -0.39 is 0 Å². The van der Waals surface area contributed by atoms with Gasteiger partial charge in [0.15, 0.2) is 0 Å². The van der Waals surface area contributed by atoms with Crippen LogP contribution in [0.4, 0.5) is 5.82 Å². The molecule has 0 bridgehead atoms. The Morgan fingerprint density at radius 2 is 1.88 bits per heavy atom. The molecule has 1 aliphatic heterocycles. The van der Waals surface area contributed by atoms with E-state index in [9.17, 15) is 0 Å². The van der Waals surface area contributed by atoms with Crippen LogP contribution in [0.3, 0.4) is 0 Å². The van der Waals surface area contributed by atoms with Gasteiger partial charge in [-0.1, -0.05) is 51.5 Å². The third-order valence-electron chi connectivity index (χ3n) is 6.30. The molecule has 1 saturated heterocycles. The smallest absolute Gasteiger partial charge is 0.150 e. The van der Waals surface area contributed by atoms with E-state index in [0.29, 0.717) is 11.7 Å². The third-order valence-corrected chi connectivity index (χ3v) is 6.30. The summed E-state index contributed by atoms with van der Waals surface area (Å²) >= 11 is 0. The molecule has 0 radical (unpaired) electrons. The number of nitrogens with zero attached hydrogens (tertiary/aromatic N) is 4. The molecule has 3 aromatic heterocycles. The standard InChI is InChI=1S/C20H22N6.C5H12.C3H6/c1-25-9-6-13(7-10-25)20-24-17(18-19(21)22-8-11-26(18)20)16-12-14-4-2-3-5-15(14)23-16;1-4-5(2)3;1-3-2/h2-5,8,11-13,23H,6-7,9-10H2,1H3,(H2,21,22);5H,4H2,1-3H3;3H,1H2,2H3. The summed E-state index contributed by atoms with van der Waals surface area (Å²) in [6, 6.07) is 10.4. The minimum absolute atomic E-state index is 0.443. The van der Waals surface area contributed by atoms with Gasteiger partial charge in [0, 0.05) is 29.2 Å². The normalized spacial score (nSPS) is 14.5. The molecule has 3 N–H and O–H groups in total. The van der Waals surface area contributed by atoms with E-state index in [4.69, 9.17) is 10.7 Å². The molecule has 1 fully saturated rings. The van der Waals surface area contributed by atoms with Gasteiger partial charge in [-0.3, -0.25) is 4.40 Å². The summed E-state index contributed by atoms with van der Waals surface area (Å²) in [6.45, 7) is 14.1. The van der Waals surface area contributed by atoms with Crippen molar-refractivity contribution in [2.24, 2.45) is 5.92 Å². The maximum atomic E-state index is 6.26. The van der Waals surface area contributed by atoms with Gasteiger partial charge in [0.1, 0.15) is 22.9 Å². The second kappa shape index (κ2) is 11.8. The Balaban J connectivity index is 0.000000356. The van der Waals surface area contributed by atoms with Crippen LogP contribution >= 0.6 is 0 Å². The van der Waals surface area contributed by atoms with Crippen molar-refractivity contribution >= 4 is 22.2 Å². The lowest BCUT2D eigenvalue weighted by molar-refractivity contribution is 0.251. The lowest BCUT2D eigenvalue weighted by Gasteiger charge is -2.28. The predicted molar refractivity (Wildman–Crippen MR) is 145 cm³/mol. The summed E-state index contributed by atoms with van der Waals surface area (Å²) in [6.07, 6.45) is 9.03. The fourth-order valence-corrected chi connectivity index (χ4v) is 4.03. The van der Waals surface area contributed by atoms with Crippen LogP contribution in [-0.2, 0) is 0 Å². The van der Waals surface area contributed by atoms with Crippen LogP contribution < -0.4 is 5.73 Å². The van der Waals surface area contributed by atoms with Crippen molar-refractivity contribution in [1.29, 1.82) is 0 Å². The number of benzene rings is 1. The van der Waals surface area contributed by atoms with Crippen LogP contribution in [0, 0.1) is 5.92 Å². The zero-order valence-corrected chi connectivity index (χ0v) is 21.4. The van der Waals surface area contributed by atoms with Crippen LogP contribution in [-0.4, -0.2) is 44.4 Å². The van der Waals surface area contributed by atoms with Gasteiger partial charge < -0.3 is 15.6 Å². The summed E-state index contributed by atoms with van der Waals surface area (Å²) in [7, 11) is 2.18. The molecular formula is C28H40N6. The number of fused-ring (bicyclic) bond motifs is 2. The number of likely N-dealkylation sites (tertiary alicyclic amines) is 1. The van der Waals surface area contributed by atoms with Crippen LogP contribution in [0.15, 0.2) is 55.4 Å². The highest BCUT2D eigenvalue weighted by Crippen LogP contribution is 2.34. The molecule has 4 heterocycles. The van der Waals surface area contributed by atoms with Gasteiger partial charge in [0.25, 0.3) is 0 Å². The Kier molecular flexibility index (Phi) is 8.88. The van der Waals surface area contributed by atoms with E-state index in [1.165, 1.54) is 11.8 Å². The number of anilines is 1. The summed E-state index contributed by atoms with van der Waals surface area (Å²) < 4.78 is 2.14. The fraction of sp³-hybridized carbons (Fsp3) is 0.429. The van der Waals surface area contributed by atoms with E-state index in [1.54, 1.807) is 12.3 Å². The number of nitrogen functional groups attached to an aromatic ring is 1. The molecular weight excluding hydrogens is 420 g/mol. The molecule has 0 saturated carbocycles. The molecule has 4 aromatic rings. The molecule has 6 heteroatoms. The van der Waals surface area contributed by atoms with E-state index in [-0.39, 0.29) is 0 Å². The summed E-state index contributed by atoms with van der Waals surface area (Å²) in [5, 5.41) is 1.17. The minimum Gasteiger partial charge on any atom is -0.382 e. The van der Waals surface area contributed by atoms with Gasteiger partial charge in [0.05, 0.1) is 5.69 Å². The van der Waals surface area contributed by atoms with E-state index in [2.05, 4.69) is 71.9 Å².